The molecule has 0 aliphatic carbocycles. The highest BCUT2D eigenvalue weighted by Crippen LogP contribution is 2.29. The first-order valence-electron chi connectivity index (χ1n) is 6.33. The molecular formula is C14H15Br2N3O. The van der Waals surface area contributed by atoms with Gasteiger partial charge in [0.25, 0.3) is 0 Å². The fourth-order valence-electron chi connectivity index (χ4n) is 1.58. The van der Waals surface area contributed by atoms with Crippen LogP contribution in [0, 0.1) is 0 Å². The Balaban J connectivity index is 2.08. The second kappa shape index (κ2) is 7.59. The van der Waals surface area contributed by atoms with Crippen molar-refractivity contribution in [2.75, 3.05) is 11.9 Å². The molecule has 0 aliphatic heterocycles. The van der Waals surface area contributed by atoms with Gasteiger partial charge in [-0.3, -0.25) is 0 Å². The van der Waals surface area contributed by atoms with Crippen LogP contribution >= 0.6 is 31.9 Å². The predicted octanol–water partition coefficient (Wildman–Crippen LogP) is 4.40. The lowest BCUT2D eigenvalue weighted by Gasteiger charge is -2.11. The van der Waals surface area contributed by atoms with Crippen molar-refractivity contribution in [1.82, 2.24) is 9.97 Å². The van der Waals surface area contributed by atoms with Crippen molar-refractivity contribution < 1.29 is 4.74 Å². The number of anilines is 1. The van der Waals surface area contributed by atoms with Gasteiger partial charge in [0.2, 0.25) is 5.88 Å². The van der Waals surface area contributed by atoms with E-state index >= 15 is 0 Å². The van der Waals surface area contributed by atoms with Crippen LogP contribution in [0.15, 0.2) is 39.5 Å². The first-order valence-corrected chi connectivity index (χ1v) is 7.91. The predicted molar refractivity (Wildman–Crippen MR) is 87.0 cm³/mol. The van der Waals surface area contributed by atoms with Gasteiger partial charge in [-0.2, -0.15) is 0 Å². The van der Waals surface area contributed by atoms with Crippen molar-refractivity contribution >= 4 is 37.7 Å². The van der Waals surface area contributed by atoms with Crippen molar-refractivity contribution in [3.05, 3.63) is 45.1 Å². The van der Waals surface area contributed by atoms with Crippen LogP contribution in [0.1, 0.15) is 18.9 Å². The zero-order chi connectivity index (χ0) is 14.4. The standard InChI is InChI=1S/C14H15Br2N3O/c1-2-7-17-13-12(16)14(19-9-18-13)20-8-10-5-3-4-6-11(10)15/h3-6,9H,2,7-8H2,1H3,(H,17,18,19). The molecule has 4 nitrogen and oxygen atoms in total. The first-order chi connectivity index (χ1) is 9.72. The molecule has 20 heavy (non-hydrogen) atoms. The van der Waals surface area contributed by atoms with Gasteiger partial charge in [0.05, 0.1) is 0 Å². The molecule has 0 unspecified atom stereocenters. The summed E-state index contributed by atoms with van der Waals surface area (Å²) in [7, 11) is 0. The van der Waals surface area contributed by atoms with Crippen LogP contribution in [0.2, 0.25) is 0 Å². The Morgan fingerprint density at radius 1 is 1.20 bits per heavy atom. The molecule has 0 spiro atoms. The number of rotatable bonds is 6. The SMILES string of the molecule is CCCNc1ncnc(OCc2ccccc2Br)c1Br. The van der Waals surface area contributed by atoms with E-state index in [0.717, 1.165) is 33.3 Å². The Hall–Kier alpha value is -1.14. The van der Waals surface area contributed by atoms with Gasteiger partial charge in [-0.05, 0) is 28.4 Å². The second-order valence-corrected chi connectivity index (χ2v) is 5.80. The van der Waals surface area contributed by atoms with Crippen LogP contribution in [0.25, 0.3) is 0 Å². The third kappa shape index (κ3) is 3.93. The number of halogens is 2. The van der Waals surface area contributed by atoms with Gasteiger partial charge in [-0.1, -0.05) is 41.1 Å². The summed E-state index contributed by atoms with van der Waals surface area (Å²) in [5.41, 5.74) is 1.07. The van der Waals surface area contributed by atoms with Crippen LogP contribution in [0.4, 0.5) is 5.82 Å². The molecule has 1 aromatic carbocycles. The average molecular weight is 401 g/mol. The summed E-state index contributed by atoms with van der Waals surface area (Å²) in [5.74, 6) is 1.29. The molecule has 1 N–H and O–H groups in total. The van der Waals surface area contributed by atoms with Crippen LogP contribution in [0.3, 0.4) is 0 Å². The number of aromatic nitrogens is 2. The maximum atomic E-state index is 5.76. The van der Waals surface area contributed by atoms with Crippen molar-refractivity contribution in [3.63, 3.8) is 0 Å². The Morgan fingerprint density at radius 3 is 2.75 bits per heavy atom. The molecule has 0 radical (unpaired) electrons. The van der Waals surface area contributed by atoms with Crippen LogP contribution < -0.4 is 10.1 Å². The molecule has 0 fully saturated rings. The number of hydrogen-bond donors (Lipinski definition) is 1. The zero-order valence-corrected chi connectivity index (χ0v) is 14.2. The van der Waals surface area contributed by atoms with E-state index in [1.165, 1.54) is 6.33 Å². The topological polar surface area (TPSA) is 47.0 Å². The van der Waals surface area contributed by atoms with Gasteiger partial charge >= 0.3 is 0 Å². The highest BCUT2D eigenvalue weighted by Gasteiger charge is 2.10. The largest absolute Gasteiger partial charge is 0.472 e. The third-order valence-electron chi connectivity index (χ3n) is 2.62. The average Bonchev–Trinajstić information content (AvgIpc) is 2.46. The fourth-order valence-corrected chi connectivity index (χ4v) is 2.44. The number of hydrogen-bond acceptors (Lipinski definition) is 4. The molecule has 1 heterocycles. The minimum absolute atomic E-state index is 0.449. The van der Waals surface area contributed by atoms with Gasteiger partial charge in [-0.15, -0.1) is 0 Å². The van der Waals surface area contributed by atoms with E-state index in [1.807, 2.05) is 24.3 Å². The molecule has 2 aromatic rings. The number of ether oxygens (including phenoxy) is 1. The minimum atomic E-state index is 0.449. The minimum Gasteiger partial charge on any atom is -0.472 e. The Morgan fingerprint density at radius 2 is 2.00 bits per heavy atom. The van der Waals surface area contributed by atoms with E-state index < -0.39 is 0 Å². The number of nitrogens with zero attached hydrogens (tertiary/aromatic N) is 2. The summed E-state index contributed by atoms with van der Waals surface area (Å²) in [6, 6.07) is 7.95. The summed E-state index contributed by atoms with van der Waals surface area (Å²) in [5, 5.41) is 3.23. The molecule has 1 aromatic heterocycles. The maximum Gasteiger partial charge on any atom is 0.233 e. The molecule has 0 aliphatic rings. The van der Waals surface area contributed by atoms with E-state index in [4.69, 9.17) is 4.74 Å². The van der Waals surface area contributed by atoms with Gasteiger partial charge in [0.1, 0.15) is 23.2 Å². The molecule has 0 saturated heterocycles. The first kappa shape index (κ1) is 15.3. The molecule has 6 heteroatoms. The van der Waals surface area contributed by atoms with E-state index in [2.05, 4.69) is 54.1 Å². The molecule has 2 rings (SSSR count). The summed E-state index contributed by atoms with van der Waals surface area (Å²) in [4.78, 5) is 8.35. The summed E-state index contributed by atoms with van der Waals surface area (Å²) in [6.45, 7) is 3.41. The Kier molecular flexibility index (Phi) is 5.79. The van der Waals surface area contributed by atoms with Crippen LogP contribution in [0.5, 0.6) is 5.88 Å². The van der Waals surface area contributed by atoms with Crippen molar-refractivity contribution in [2.24, 2.45) is 0 Å². The molecule has 0 amide bonds. The highest BCUT2D eigenvalue weighted by molar-refractivity contribution is 9.11. The summed E-state index contributed by atoms with van der Waals surface area (Å²) >= 11 is 6.98. The lowest BCUT2D eigenvalue weighted by molar-refractivity contribution is 0.290. The lowest BCUT2D eigenvalue weighted by atomic mass is 10.2. The van der Waals surface area contributed by atoms with E-state index in [-0.39, 0.29) is 0 Å². The molecule has 0 atom stereocenters. The normalized spacial score (nSPS) is 10.3. The Labute approximate surface area is 135 Å². The van der Waals surface area contributed by atoms with Gasteiger partial charge in [0.15, 0.2) is 0 Å². The number of benzene rings is 1. The monoisotopic (exact) mass is 399 g/mol. The number of nitrogens with one attached hydrogen (secondary N) is 1. The molecular weight excluding hydrogens is 386 g/mol. The Bertz CT molecular complexity index is 578. The van der Waals surface area contributed by atoms with Gasteiger partial charge in [-0.25, -0.2) is 9.97 Å². The van der Waals surface area contributed by atoms with Crippen LogP contribution in [-0.2, 0) is 6.61 Å². The van der Waals surface area contributed by atoms with Crippen molar-refractivity contribution in [3.8, 4) is 5.88 Å². The smallest absolute Gasteiger partial charge is 0.233 e. The zero-order valence-electron chi connectivity index (χ0n) is 11.1. The van der Waals surface area contributed by atoms with E-state index in [9.17, 15) is 0 Å². The summed E-state index contributed by atoms with van der Waals surface area (Å²) in [6.07, 6.45) is 2.53. The third-order valence-corrected chi connectivity index (χ3v) is 4.11. The quantitative estimate of drug-likeness (QED) is 0.780. The van der Waals surface area contributed by atoms with Crippen molar-refractivity contribution in [1.29, 1.82) is 0 Å². The lowest BCUT2D eigenvalue weighted by Crippen LogP contribution is -2.05. The summed E-state index contributed by atoms with van der Waals surface area (Å²) < 4.78 is 7.53. The molecule has 0 saturated carbocycles. The van der Waals surface area contributed by atoms with E-state index in [0.29, 0.717) is 12.5 Å². The van der Waals surface area contributed by atoms with E-state index in [1.54, 1.807) is 0 Å². The van der Waals surface area contributed by atoms with Crippen molar-refractivity contribution in [2.45, 2.75) is 20.0 Å². The van der Waals surface area contributed by atoms with Gasteiger partial charge < -0.3 is 10.1 Å². The molecule has 0 bridgehead atoms. The molecule has 106 valence electrons. The highest BCUT2D eigenvalue weighted by atomic mass is 79.9. The second-order valence-electron chi connectivity index (χ2n) is 4.15. The van der Waals surface area contributed by atoms with Gasteiger partial charge in [0, 0.05) is 16.6 Å². The fraction of sp³-hybridized carbons (Fsp3) is 0.286. The maximum absolute atomic E-state index is 5.76. The van der Waals surface area contributed by atoms with Crippen LogP contribution in [-0.4, -0.2) is 16.5 Å².